The van der Waals surface area contributed by atoms with Crippen LogP contribution in [0, 0.1) is 11.6 Å². The molecule has 2 aromatic rings. The minimum absolute atomic E-state index is 0.0618. The van der Waals surface area contributed by atoms with Crippen molar-refractivity contribution in [1.29, 1.82) is 0 Å². The summed E-state index contributed by atoms with van der Waals surface area (Å²) in [4.78, 5) is 40.9. The molecule has 0 aliphatic carbocycles. The number of pyridine rings is 1. The van der Waals surface area contributed by atoms with Crippen LogP contribution in [-0.4, -0.2) is 41.5 Å². The Morgan fingerprint density at radius 2 is 2.03 bits per heavy atom. The summed E-state index contributed by atoms with van der Waals surface area (Å²) in [5.74, 6) is -2.79. The lowest BCUT2D eigenvalue weighted by Gasteiger charge is -2.34. The van der Waals surface area contributed by atoms with E-state index in [1.807, 2.05) is 13.8 Å². The van der Waals surface area contributed by atoms with Gasteiger partial charge >= 0.3 is 0 Å². The molecule has 2 aliphatic rings. The van der Waals surface area contributed by atoms with Gasteiger partial charge in [0.1, 0.15) is 17.2 Å². The van der Waals surface area contributed by atoms with E-state index in [9.17, 15) is 23.2 Å². The first kappa shape index (κ1) is 21.0. The van der Waals surface area contributed by atoms with Crippen molar-refractivity contribution in [2.24, 2.45) is 0 Å². The molecule has 1 N–H and O–H groups in total. The summed E-state index contributed by atoms with van der Waals surface area (Å²) in [7, 11) is 1.29. The highest BCUT2D eigenvalue weighted by Crippen LogP contribution is 2.43. The quantitative estimate of drug-likeness (QED) is 0.789. The summed E-state index contributed by atoms with van der Waals surface area (Å²) in [6, 6.07) is 3.00. The van der Waals surface area contributed by atoms with Crippen LogP contribution in [0.15, 0.2) is 23.0 Å². The summed E-state index contributed by atoms with van der Waals surface area (Å²) in [6.45, 7) is 4.56. The van der Waals surface area contributed by atoms with Crippen molar-refractivity contribution in [3.8, 4) is 5.75 Å². The topological polar surface area (TPSA) is 80.6 Å². The lowest BCUT2D eigenvalue weighted by atomic mass is 9.99. The number of hydrogen-bond acceptors (Lipinski definition) is 4. The molecule has 2 aliphatic heterocycles. The molecule has 0 fully saturated rings. The molecule has 0 bridgehead atoms. The summed E-state index contributed by atoms with van der Waals surface area (Å²) in [6.07, 6.45) is 0.677. The second kappa shape index (κ2) is 7.79. The van der Waals surface area contributed by atoms with Crippen molar-refractivity contribution in [2.45, 2.75) is 38.8 Å². The van der Waals surface area contributed by atoms with Gasteiger partial charge in [-0.25, -0.2) is 8.78 Å². The number of nitrogens with one attached hydrogen (secondary N) is 1. The smallest absolute Gasteiger partial charge is 0.274 e. The number of carbonyl (C=O) groups is 2. The molecule has 0 saturated carbocycles. The molecule has 4 rings (SSSR count). The van der Waals surface area contributed by atoms with Gasteiger partial charge in [0.15, 0.2) is 11.4 Å². The van der Waals surface area contributed by atoms with Gasteiger partial charge in [0, 0.05) is 37.0 Å². The largest absolute Gasteiger partial charge is 0.491 e. The molecule has 3 heterocycles. The molecular weight excluding hydrogens is 408 g/mol. The second-order valence-corrected chi connectivity index (χ2v) is 7.89. The van der Waals surface area contributed by atoms with E-state index in [-0.39, 0.29) is 47.0 Å². The molecule has 31 heavy (non-hydrogen) atoms. The van der Waals surface area contributed by atoms with Crippen LogP contribution in [0.3, 0.4) is 0 Å². The Morgan fingerprint density at radius 1 is 1.29 bits per heavy atom. The Hall–Kier alpha value is -3.23. The van der Waals surface area contributed by atoms with Crippen LogP contribution in [0.4, 0.5) is 8.78 Å². The normalized spacial score (nSPS) is 19.4. The van der Waals surface area contributed by atoms with Gasteiger partial charge in [0.2, 0.25) is 5.43 Å². The van der Waals surface area contributed by atoms with E-state index >= 15 is 0 Å². The second-order valence-electron chi connectivity index (χ2n) is 7.89. The van der Waals surface area contributed by atoms with E-state index < -0.39 is 23.0 Å². The van der Waals surface area contributed by atoms with Crippen molar-refractivity contribution < 1.29 is 23.1 Å². The third kappa shape index (κ3) is 3.28. The molecule has 1 aromatic heterocycles. The van der Waals surface area contributed by atoms with Crippen molar-refractivity contribution in [3.63, 3.8) is 0 Å². The summed E-state index contributed by atoms with van der Waals surface area (Å²) < 4.78 is 34.1. The Bertz CT molecular complexity index is 1140. The highest BCUT2D eigenvalue weighted by Gasteiger charge is 2.43. The lowest BCUT2D eigenvalue weighted by Crippen LogP contribution is -2.44. The lowest BCUT2D eigenvalue weighted by molar-refractivity contribution is 0.0675. The molecular formula is C22H23F2N3O4. The summed E-state index contributed by atoms with van der Waals surface area (Å²) in [5.41, 5.74) is -0.00977. The number of carbonyl (C=O) groups excluding carboxylic acids is 2. The monoisotopic (exact) mass is 431 g/mol. The molecule has 164 valence electrons. The number of benzene rings is 1. The Kier molecular flexibility index (Phi) is 5.28. The van der Waals surface area contributed by atoms with E-state index in [0.29, 0.717) is 25.2 Å². The third-order valence-corrected chi connectivity index (χ3v) is 6.05. The van der Waals surface area contributed by atoms with Crippen LogP contribution in [0.2, 0.25) is 0 Å². The van der Waals surface area contributed by atoms with Gasteiger partial charge in [-0.2, -0.15) is 0 Å². The molecule has 1 unspecified atom stereocenters. The van der Waals surface area contributed by atoms with E-state index in [1.165, 1.54) is 13.2 Å². The molecule has 0 spiro atoms. The molecule has 0 saturated heterocycles. The first-order chi connectivity index (χ1) is 14.8. The fourth-order valence-corrected chi connectivity index (χ4v) is 4.63. The minimum atomic E-state index is -0.789. The van der Waals surface area contributed by atoms with Gasteiger partial charge in [-0.15, -0.1) is 0 Å². The summed E-state index contributed by atoms with van der Waals surface area (Å²) >= 11 is 0. The number of halogens is 2. The minimum Gasteiger partial charge on any atom is -0.491 e. The van der Waals surface area contributed by atoms with Crippen LogP contribution in [0.5, 0.6) is 5.75 Å². The maximum Gasteiger partial charge on any atom is 0.274 e. The fraction of sp³-hybridized carbons (Fsp3) is 0.409. The Morgan fingerprint density at radius 3 is 2.68 bits per heavy atom. The number of likely N-dealkylation sites (N-methyl/N-ethyl adjacent to an activating group) is 1. The van der Waals surface area contributed by atoms with Gasteiger partial charge in [-0.1, -0.05) is 13.0 Å². The third-order valence-electron chi connectivity index (χ3n) is 6.05. The van der Waals surface area contributed by atoms with Gasteiger partial charge in [-0.3, -0.25) is 14.4 Å². The van der Waals surface area contributed by atoms with Crippen LogP contribution in [-0.2, 0) is 6.54 Å². The Balaban J connectivity index is 1.78. The Labute approximate surface area is 177 Å². The van der Waals surface area contributed by atoms with Crippen LogP contribution in [0.1, 0.15) is 64.3 Å². The van der Waals surface area contributed by atoms with Crippen molar-refractivity contribution in [1.82, 2.24) is 14.8 Å². The number of hydrogen-bond donors (Lipinski definition) is 1. The number of aromatic nitrogens is 1. The predicted molar refractivity (Wildman–Crippen MR) is 108 cm³/mol. The van der Waals surface area contributed by atoms with Crippen LogP contribution in [0.25, 0.3) is 0 Å². The highest BCUT2D eigenvalue weighted by atomic mass is 19.1. The number of rotatable bonds is 5. The number of nitrogens with zero attached hydrogens (tertiary/aromatic N) is 2. The molecule has 7 nitrogen and oxygen atoms in total. The molecule has 2 atom stereocenters. The average molecular weight is 431 g/mol. The van der Waals surface area contributed by atoms with E-state index in [4.69, 9.17) is 4.74 Å². The number of amides is 2. The van der Waals surface area contributed by atoms with E-state index in [2.05, 4.69) is 5.32 Å². The average Bonchev–Trinajstić information content (AvgIpc) is 3.05. The van der Waals surface area contributed by atoms with Crippen LogP contribution >= 0.6 is 0 Å². The molecule has 1 aromatic carbocycles. The number of ether oxygens (including phenoxy) is 1. The molecule has 9 heteroatoms. The van der Waals surface area contributed by atoms with Gasteiger partial charge in [0.25, 0.3) is 11.8 Å². The highest BCUT2D eigenvalue weighted by molar-refractivity contribution is 6.00. The van der Waals surface area contributed by atoms with Crippen molar-refractivity contribution >= 4 is 11.8 Å². The number of methoxy groups -OCH3 is 1. The molecule has 0 radical (unpaired) electrons. The van der Waals surface area contributed by atoms with Gasteiger partial charge < -0.3 is 19.5 Å². The zero-order valence-electron chi connectivity index (χ0n) is 17.5. The van der Waals surface area contributed by atoms with Gasteiger partial charge in [0.05, 0.1) is 13.2 Å². The summed E-state index contributed by atoms with van der Waals surface area (Å²) in [5, 5.41) is 2.55. The fourth-order valence-electron chi connectivity index (χ4n) is 4.63. The first-order valence-electron chi connectivity index (χ1n) is 10.2. The first-order valence-corrected chi connectivity index (χ1v) is 10.2. The zero-order chi connectivity index (χ0) is 22.4. The maximum absolute atomic E-state index is 13.9. The van der Waals surface area contributed by atoms with E-state index in [0.717, 1.165) is 12.1 Å². The van der Waals surface area contributed by atoms with Crippen LogP contribution < -0.4 is 15.5 Å². The maximum atomic E-state index is 13.9. The zero-order valence-corrected chi connectivity index (χ0v) is 17.5. The predicted octanol–water partition coefficient (Wildman–Crippen LogP) is 2.59. The van der Waals surface area contributed by atoms with Gasteiger partial charge in [-0.05, 0) is 25.3 Å². The van der Waals surface area contributed by atoms with Crippen molar-refractivity contribution in [3.05, 3.63) is 62.6 Å². The van der Waals surface area contributed by atoms with Crippen molar-refractivity contribution in [2.75, 3.05) is 20.2 Å². The van der Waals surface area contributed by atoms with E-state index in [1.54, 1.807) is 9.47 Å². The SMILES string of the molecule is CCN1C[C@H]2CC(C)c3c(C(=O)NCc4ccc(F)cc4F)c(=O)c(OC)c(n32)C1=O. The standard InChI is InChI=1S/C22H23F2N3O4/c1-4-26-10-14-7-11(2)17-16(19(28)20(31-3)18(22(26)30)27(14)17)21(29)25-9-12-5-6-13(23)8-15(12)24/h5-6,8,11,14H,4,7,9-10H2,1-3H3,(H,25,29)/t11?,14-/m1/s1. The molecule has 2 amide bonds.